The summed E-state index contributed by atoms with van der Waals surface area (Å²) >= 11 is 0. The quantitative estimate of drug-likeness (QED) is 0.536. The molecule has 0 aliphatic heterocycles. The molecule has 3 rings (SSSR count). The Labute approximate surface area is 160 Å². The van der Waals surface area contributed by atoms with Crippen LogP contribution in [0.25, 0.3) is 0 Å². The number of hydrogen-bond acceptors (Lipinski definition) is 3. The summed E-state index contributed by atoms with van der Waals surface area (Å²) in [5.41, 5.74) is 5.83. The first-order valence-electron chi connectivity index (χ1n) is 9.79. The Balaban J connectivity index is 1.32. The summed E-state index contributed by atoms with van der Waals surface area (Å²) < 4.78 is 0. The fraction of sp³-hybridized carbons (Fsp3) is 0.391. The summed E-state index contributed by atoms with van der Waals surface area (Å²) in [6.07, 6.45) is 7.25. The van der Waals surface area contributed by atoms with Crippen molar-refractivity contribution < 1.29 is 14.4 Å². The van der Waals surface area contributed by atoms with E-state index in [-0.39, 0.29) is 18.3 Å². The smallest absolute Gasteiger partial charge is 0.332 e. The number of carbonyl (C=O) groups is 2. The van der Waals surface area contributed by atoms with Crippen molar-refractivity contribution in [1.29, 1.82) is 0 Å². The van der Waals surface area contributed by atoms with Crippen molar-refractivity contribution in [2.24, 2.45) is 5.92 Å². The van der Waals surface area contributed by atoms with Crippen molar-refractivity contribution in [2.75, 3.05) is 0 Å². The van der Waals surface area contributed by atoms with E-state index < -0.39 is 0 Å². The molecule has 2 aromatic carbocycles. The first-order chi connectivity index (χ1) is 13.2. The van der Waals surface area contributed by atoms with Gasteiger partial charge in [-0.05, 0) is 61.1 Å². The number of benzene rings is 2. The number of carbonyl (C=O) groups excluding carboxylic acids is 2. The standard InChI is InChI=1S/C23H27NO3/c25-22(24-27-23(26)17-21-14-15-21)16-20-12-10-19(11-13-20)9-5-4-8-18-6-2-1-3-7-18/h1-3,6-7,10-13,21H,4-5,8-9,14-17H2,(H,24,25). The highest BCUT2D eigenvalue weighted by Crippen LogP contribution is 2.32. The molecule has 1 aliphatic rings. The van der Waals surface area contributed by atoms with E-state index >= 15 is 0 Å². The van der Waals surface area contributed by atoms with Gasteiger partial charge in [0.2, 0.25) is 0 Å². The van der Waals surface area contributed by atoms with Gasteiger partial charge in [-0.2, -0.15) is 5.48 Å². The van der Waals surface area contributed by atoms with E-state index in [2.05, 4.69) is 41.9 Å². The molecule has 0 heterocycles. The summed E-state index contributed by atoms with van der Waals surface area (Å²) in [6.45, 7) is 0. The molecular formula is C23H27NO3. The molecular weight excluding hydrogens is 338 g/mol. The van der Waals surface area contributed by atoms with Gasteiger partial charge >= 0.3 is 5.97 Å². The number of nitrogens with one attached hydrogen (secondary N) is 1. The number of aryl methyl sites for hydroxylation is 2. The summed E-state index contributed by atoms with van der Waals surface area (Å²) in [5, 5.41) is 0. The highest BCUT2D eigenvalue weighted by Gasteiger charge is 2.25. The van der Waals surface area contributed by atoms with Gasteiger partial charge in [-0.3, -0.25) is 4.79 Å². The van der Waals surface area contributed by atoms with E-state index in [1.54, 1.807) is 0 Å². The van der Waals surface area contributed by atoms with Crippen LogP contribution in [-0.2, 0) is 33.7 Å². The van der Waals surface area contributed by atoms with Gasteiger partial charge in [0.25, 0.3) is 5.91 Å². The highest BCUT2D eigenvalue weighted by molar-refractivity contribution is 5.79. The zero-order chi connectivity index (χ0) is 18.9. The molecule has 1 amide bonds. The van der Waals surface area contributed by atoms with Crippen molar-refractivity contribution in [3.05, 3.63) is 71.3 Å². The van der Waals surface area contributed by atoms with Gasteiger partial charge in [0.05, 0.1) is 12.8 Å². The lowest BCUT2D eigenvalue weighted by Crippen LogP contribution is -2.28. The zero-order valence-corrected chi connectivity index (χ0v) is 15.7. The minimum absolute atomic E-state index is 0.213. The predicted octanol–water partition coefficient (Wildman–Crippen LogP) is 4.17. The number of unbranched alkanes of at least 4 members (excludes halogenated alkanes) is 1. The molecule has 1 N–H and O–H groups in total. The Morgan fingerprint density at radius 1 is 0.852 bits per heavy atom. The molecule has 0 bridgehead atoms. The van der Waals surface area contributed by atoms with Crippen molar-refractivity contribution >= 4 is 11.9 Å². The largest absolute Gasteiger partial charge is 0.341 e. The van der Waals surface area contributed by atoms with E-state index in [1.165, 1.54) is 17.5 Å². The number of hydroxylamine groups is 1. The molecule has 4 nitrogen and oxygen atoms in total. The van der Waals surface area contributed by atoms with Crippen molar-refractivity contribution in [1.82, 2.24) is 5.48 Å². The lowest BCUT2D eigenvalue weighted by molar-refractivity contribution is -0.158. The average Bonchev–Trinajstić information content (AvgIpc) is 3.50. The van der Waals surface area contributed by atoms with Gasteiger partial charge in [0.15, 0.2) is 0 Å². The van der Waals surface area contributed by atoms with Gasteiger partial charge in [-0.25, -0.2) is 4.79 Å². The Kier molecular flexibility index (Phi) is 7.03. The molecule has 142 valence electrons. The summed E-state index contributed by atoms with van der Waals surface area (Å²) in [4.78, 5) is 28.1. The van der Waals surface area contributed by atoms with E-state index in [0.717, 1.165) is 37.7 Å². The van der Waals surface area contributed by atoms with Crippen LogP contribution in [0, 0.1) is 5.92 Å². The molecule has 0 unspecified atom stereocenters. The number of hydrogen-bond donors (Lipinski definition) is 1. The topological polar surface area (TPSA) is 55.4 Å². The van der Waals surface area contributed by atoms with E-state index in [4.69, 9.17) is 4.84 Å². The second kappa shape index (κ2) is 9.91. The maximum Gasteiger partial charge on any atom is 0.332 e. The molecule has 1 saturated carbocycles. The van der Waals surface area contributed by atoms with Gasteiger partial charge in [0, 0.05) is 0 Å². The molecule has 0 radical (unpaired) electrons. The molecule has 27 heavy (non-hydrogen) atoms. The third kappa shape index (κ3) is 7.26. The SMILES string of the molecule is O=C(Cc1ccc(CCCCc2ccccc2)cc1)NOC(=O)CC1CC1. The molecule has 4 heteroatoms. The van der Waals surface area contributed by atoms with Gasteiger partial charge in [-0.15, -0.1) is 0 Å². The van der Waals surface area contributed by atoms with Crippen LogP contribution in [0.2, 0.25) is 0 Å². The maximum absolute atomic E-state index is 11.9. The van der Waals surface area contributed by atoms with Crippen LogP contribution < -0.4 is 5.48 Å². The van der Waals surface area contributed by atoms with Gasteiger partial charge in [0.1, 0.15) is 0 Å². The molecule has 1 aliphatic carbocycles. The normalized spacial score (nSPS) is 13.2. The Hall–Kier alpha value is -2.62. The minimum Gasteiger partial charge on any atom is -0.341 e. The average molecular weight is 365 g/mol. The monoisotopic (exact) mass is 365 g/mol. The third-order valence-electron chi connectivity index (χ3n) is 4.84. The first-order valence-corrected chi connectivity index (χ1v) is 9.79. The Morgan fingerprint density at radius 3 is 2.07 bits per heavy atom. The van der Waals surface area contributed by atoms with E-state index in [9.17, 15) is 9.59 Å². The lowest BCUT2D eigenvalue weighted by Gasteiger charge is -2.07. The molecule has 0 saturated heterocycles. The molecule has 0 atom stereocenters. The second-order valence-corrected chi connectivity index (χ2v) is 7.33. The molecule has 2 aromatic rings. The van der Waals surface area contributed by atoms with Gasteiger partial charge < -0.3 is 4.84 Å². The van der Waals surface area contributed by atoms with Crippen molar-refractivity contribution in [3.8, 4) is 0 Å². The zero-order valence-electron chi connectivity index (χ0n) is 15.7. The minimum atomic E-state index is -0.350. The molecule has 0 spiro atoms. The highest BCUT2D eigenvalue weighted by atomic mass is 16.7. The van der Waals surface area contributed by atoms with Crippen LogP contribution in [0.1, 0.15) is 48.8 Å². The van der Waals surface area contributed by atoms with Crippen molar-refractivity contribution in [3.63, 3.8) is 0 Å². The Morgan fingerprint density at radius 2 is 1.44 bits per heavy atom. The summed E-state index contributed by atoms with van der Waals surface area (Å²) in [7, 11) is 0. The van der Waals surface area contributed by atoms with Crippen LogP contribution in [0.4, 0.5) is 0 Å². The summed E-state index contributed by atoms with van der Waals surface area (Å²) in [6, 6.07) is 18.6. The fourth-order valence-corrected chi connectivity index (χ4v) is 3.06. The number of rotatable bonds is 9. The molecule has 1 fully saturated rings. The number of amides is 1. The van der Waals surface area contributed by atoms with Crippen LogP contribution >= 0.6 is 0 Å². The summed E-state index contributed by atoms with van der Waals surface area (Å²) in [5.74, 6) is -0.193. The van der Waals surface area contributed by atoms with Crippen molar-refractivity contribution in [2.45, 2.75) is 51.4 Å². The molecule has 0 aromatic heterocycles. The van der Waals surface area contributed by atoms with Crippen LogP contribution in [0.15, 0.2) is 54.6 Å². The second-order valence-electron chi connectivity index (χ2n) is 7.33. The third-order valence-corrected chi connectivity index (χ3v) is 4.84. The van der Waals surface area contributed by atoms with Crippen LogP contribution in [0.5, 0.6) is 0 Å². The van der Waals surface area contributed by atoms with Gasteiger partial charge in [-0.1, -0.05) is 54.6 Å². The lowest BCUT2D eigenvalue weighted by atomic mass is 10.0. The predicted molar refractivity (Wildman–Crippen MR) is 105 cm³/mol. The van der Waals surface area contributed by atoms with E-state index in [0.29, 0.717) is 12.3 Å². The van der Waals surface area contributed by atoms with Crippen LogP contribution in [-0.4, -0.2) is 11.9 Å². The first kappa shape index (κ1) is 19.2. The van der Waals surface area contributed by atoms with Crippen LogP contribution in [0.3, 0.4) is 0 Å². The maximum atomic E-state index is 11.9. The fourth-order valence-electron chi connectivity index (χ4n) is 3.06. The van der Waals surface area contributed by atoms with E-state index in [1.807, 2.05) is 18.2 Å². The Bertz CT molecular complexity index is 736.